The molecule has 0 aliphatic heterocycles. The number of nitrogens with two attached hydrogens (primary N) is 1. The monoisotopic (exact) mass is 501 g/mol. The first-order chi connectivity index (χ1) is 17.3. The summed E-state index contributed by atoms with van der Waals surface area (Å²) in [5.41, 5.74) is 9.60. The molecule has 0 aliphatic carbocycles. The van der Waals surface area contributed by atoms with Crippen LogP contribution in [0.4, 0.5) is 23.0 Å². The summed E-state index contributed by atoms with van der Waals surface area (Å²) >= 11 is 0. The van der Waals surface area contributed by atoms with Crippen molar-refractivity contribution in [3.8, 4) is 23.1 Å². The number of pyridine rings is 1. The van der Waals surface area contributed by atoms with E-state index >= 15 is 0 Å². The van der Waals surface area contributed by atoms with Gasteiger partial charge in [-0.25, -0.2) is 4.98 Å². The molecule has 1 aromatic carbocycles. The Hall–Kier alpha value is -4.55. The molecule has 3 heterocycles. The van der Waals surface area contributed by atoms with Crippen LogP contribution < -0.4 is 26.5 Å². The highest BCUT2D eigenvalue weighted by atomic mass is 31.1. The van der Waals surface area contributed by atoms with Crippen LogP contribution in [0.15, 0.2) is 48.7 Å². The number of aryl methyl sites for hydroxylation is 1. The van der Waals surface area contributed by atoms with E-state index in [-0.39, 0.29) is 13.6 Å². The molecule has 0 atom stereocenters. The van der Waals surface area contributed by atoms with E-state index in [9.17, 15) is 4.79 Å². The second-order valence-electron chi connectivity index (χ2n) is 7.94. The molecule has 0 radical (unpaired) electrons. The molecular formula is C24H24N9O2P. The van der Waals surface area contributed by atoms with Crippen molar-refractivity contribution in [2.75, 3.05) is 31.1 Å². The number of methoxy groups -OCH3 is 1. The fraction of sp³-hybridized carbons (Fsp3) is 0.167. The normalized spacial score (nSPS) is 10.7. The third kappa shape index (κ3) is 5.09. The summed E-state index contributed by atoms with van der Waals surface area (Å²) in [6.07, 6.45) is 1.44. The number of carbonyl (C=O) groups is 1. The average Bonchev–Trinajstić information content (AvgIpc) is 3.26. The van der Waals surface area contributed by atoms with Crippen molar-refractivity contribution >= 4 is 42.3 Å². The van der Waals surface area contributed by atoms with Crippen molar-refractivity contribution in [2.24, 2.45) is 12.8 Å². The molecule has 4 rings (SSSR count). The van der Waals surface area contributed by atoms with E-state index in [4.69, 9.17) is 15.7 Å². The van der Waals surface area contributed by atoms with E-state index in [1.165, 1.54) is 6.20 Å². The summed E-state index contributed by atoms with van der Waals surface area (Å²) in [5, 5.41) is 27.9. The number of anilines is 4. The first-order valence-corrected chi connectivity index (χ1v) is 13.0. The van der Waals surface area contributed by atoms with E-state index in [0.29, 0.717) is 34.3 Å². The van der Waals surface area contributed by atoms with Gasteiger partial charge in [0.15, 0.2) is 17.3 Å². The third-order valence-corrected chi connectivity index (χ3v) is 6.59. The fourth-order valence-corrected chi connectivity index (χ4v) is 4.61. The maximum absolute atomic E-state index is 12.1. The molecule has 1 amide bonds. The Morgan fingerprint density at radius 2 is 1.92 bits per heavy atom. The average molecular weight is 501 g/mol. The molecule has 0 fully saturated rings. The number of nitrogens with one attached hydrogen (secondary N) is 2. The van der Waals surface area contributed by atoms with E-state index in [2.05, 4.69) is 50.3 Å². The standard InChI is InChI=1S/C24H24N9O2P/c1-33-21(36(3)4)11-17(32-33)15-6-5-7-16(23(15)35-2)28-18-10-20(30-31-22(18)24(26)34)29-19-9-8-14(12-25)13-27-19/h5-11,13H,1-4H3,(H2,26,34)(H2,27,28,29,30). The zero-order chi connectivity index (χ0) is 25.8. The predicted molar refractivity (Wildman–Crippen MR) is 140 cm³/mol. The maximum Gasteiger partial charge on any atom is 0.271 e. The number of nitriles is 1. The summed E-state index contributed by atoms with van der Waals surface area (Å²) in [5.74, 6) is 0.591. The van der Waals surface area contributed by atoms with Gasteiger partial charge in [0.05, 0.1) is 35.2 Å². The van der Waals surface area contributed by atoms with Crippen molar-refractivity contribution in [3.63, 3.8) is 0 Å². The van der Waals surface area contributed by atoms with Crippen LogP contribution in [0.25, 0.3) is 11.3 Å². The lowest BCUT2D eigenvalue weighted by molar-refractivity contribution is 0.0995. The van der Waals surface area contributed by atoms with Gasteiger partial charge in [0.2, 0.25) is 0 Å². The lowest BCUT2D eigenvalue weighted by atomic mass is 10.1. The Kier molecular flexibility index (Phi) is 7.08. The number of carbonyl (C=O) groups excluding carboxylic acids is 1. The number of amides is 1. The highest BCUT2D eigenvalue weighted by Gasteiger charge is 2.19. The van der Waals surface area contributed by atoms with Crippen molar-refractivity contribution < 1.29 is 9.53 Å². The minimum absolute atomic E-state index is 0.0384. The number of ether oxygens (including phenoxy) is 1. The molecule has 4 N–H and O–H groups in total. The number of hydrogen-bond acceptors (Lipinski definition) is 9. The van der Waals surface area contributed by atoms with Crippen molar-refractivity contribution in [3.05, 3.63) is 59.9 Å². The summed E-state index contributed by atoms with van der Waals surface area (Å²) in [6.45, 7) is 4.35. The second kappa shape index (κ2) is 10.4. The zero-order valence-corrected chi connectivity index (χ0v) is 21.0. The highest BCUT2D eigenvalue weighted by molar-refractivity contribution is 7.63. The molecule has 0 unspecified atom stereocenters. The maximum atomic E-state index is 12.1. The molecule has 3 aromatic heterocycles. The summed E-state index contributed by atoms with van der Waals surface area (Å²) in [7, 11) is 3.16. The number of nitrogens with zero attached hydrogens (tertiary/aromatic N) is 6. The van der Waals surface area contributed by atoms with Crippen molar-refractivity contribution in [1.82, 2.24) is 25.0 Å². The molecule has 0 spiro atoms. The number of hydrogen-bond donors (Lipinski definition) is 3. The number of benzene rings is 1. The van der Waals surface area contributed by atoms with Crippen molar-refractivity contribution in [2.45, 2.75) is 0 Å². The first-order valence-electron chi connectivity index (χ1n) is 10.8. The lowest BCUT2D eigenvalue weighted by Crippen LogP contribution is -2.17. The Balaban J connectivity index is 1.71. The fourth-order valence-electron chi connectivity index (χ4n) is 3.60. The minimum atomic E-state index is -0.739. The van der Waals surface area contributed by atoms with E-state index < -0.39 is 5.91 Å². The molecule has 4 aromatic rings. The van der Waals surface area contributed by atoms with Crippen LogP contribution in [-0.2, 0) is 7.05 Å². The SMILES string of the molecule is COc1c(Nc2cc(Nc3ccc(C#N)cn3)nnc2C(N)=O)cccc1-c1cc(P(C)C)n(C)n1. The van der Waals surface area contributed by atoms with Crippen LogP contribution in [-0.4, -0.2) is 51.3 Å². The zero-order valence-electron chi connectivity index (χ0n) is 20.1. The minimum Gasteiger partial charge on any atom is -0.494 e. The number of rotatable bonds is 8. The van der Waals surface area contributed by atoms with Crippen molar-refractivity contribution in [1.29, 1.82) is 5.26 Å². The Bertz CT molecular complexity index is 1460. The van der Waals surface area contributed by atoms with Gasteiger partial charge in [-0.15, -0.1) is 10.2 Å². The van der Waals surface area contributed by atoms with Gasteiger partial charge < -0.3 is 21.1 Å². The van der Waals surface area contributed by atoms with Gasteiger partial charge in [0, 0.05) is 24.9 Å². The van der Waals surface area contributed by atoms with Gasteiger partial charge in [-0.2, -0.15) is 10.4 Å². The Morgan fingerprint density at radius 1 is 1.11 bits per heavy atom. The Labute approximate surface area is 209 Å². The topological polar surface area (TPSA) is 157 Å². The predicted octanol–water partition coefficient (Wildman–Crippen LogP) is 3.11. The number of aromatic nitrogens is 5. The summed E-state index contributed by atoms with van der Waals surface area (Å²) in [4.78, 5) is 16.2. The van der Waals surface area contributed by atoms with Crippen LogP contribution >= 0.6 is 7.92 Å². The van der Waals surface area contributed by atoms with Gasteiger partial charge >= 0.3 is 0 Å². The molecule has 0 saturated carbocycles. The quantitative estimate of drug-likeness (QED) is 0.309. The highest BCUT2D eigenvalue weighted by Crippen LogP contribution is 2.38. The number of para-hydroxylation sites is 1. The molecule has 11 nitrogen and oxygen atoms in total. The molecular weight excluding hydrogens is 477 g/mol. The lowest BCUT2D eigenvalue weighted by Gasteiger charge is -2.16. The summed E-state index contributed by atoms with van der Waals surface area (Å²) < 4.78 is 7.63. The van der Waals surface area contributed by atoms with Gasteiger partial charge in [-0.1, -0.05) is 14.0 Å². The van der Waals surface area contributed by atoms with Crippen LogP contribution in [0.3, 0.4) is 0 Å². The Morgan fingerprint density at radius 3 is 2.53 bits per heavy atom. The first kappa shape index (κ1) is 24.6. The molecule has 0 bridgehead atoms. The molecule has 36 heavy (non-hydrogen) atoms. The van der Waals surface area contributed by atoms with Gasteiger partial charge in [-0.05, 0) is 43.7 Å². The van der Waals surface area contributed by atoms with E-state index in [1.807, 2.05) is 36.0 Å². The third-order valence-electron chi connectivity index (χ3n) is 5.25. The molecule has 0 aliphatic rings. The largest absolute Gasteiger partial charge is 0.494 e. The smallest absolute Gasteiger partial charge is 0.271 e. The second-order valence-corrected chi connectivity index (χ2v) is 10.2. The van der Waals surface area contributed by atoms with Gasteiger partial charge in [-0.3, -0.25) is 9.48 Å². The van der Waals surface area contributed by atoms with Crippen LogP contribution in [0.2, 0.25) is 0 Å². The van der Waals surface area contributed by atoms with Gasteiger partial charge in [0.25, 0.3) is 5.91 Å². The van der Waals surface area contributed by atoms with Crippen LogP contribution in [0.1, 0.15) is 16.1 Å². The van der Waals surface area contributed by atoms with E-state index in [1.54, 1.807) is 25.3 Å². The van der Waals surface area contributed by atoms with Crippen LogP contribution in [0, 0.1) is 11.3 Å². The molecule has 0 saturated heterocycles. The molecule has 182 valence electrons. The summed E-state index contributed by atoms with van der Waals surface area (Å²) in [6, 6.07) is 14.5. The van der Waals surface area contributed by atoms with E-state index in [0.717, 1.165) is 16.7 Å². The van der Waals surface area contributed by atoms with Gasteiger partial charge in [0.1, 0.15) is 11.9 Å². The molecule has 12 heteroatoms. The van der Waals surface area contributed by atoms with Crippen LogP contribution in [0.5, 0.6) is 5.75 Å². The number of primary amides is 1.